The van der Waals surface area contributed by atoms with Gasteiger partial charge in [-0.25, -0.2) is 0 Å². The van der Waals surface area contributed by atoms with E-state index in [1.165, 1.54) is 13.0 Å². The van der Waals surface area contributed by atoms with Crippen LogP contribution in [0.2, 0.25) is 0 Å². The Balaban J connectivity index is 2.47. The van der Waals surface area contributed by atoms with Crippen LogP contribution in [0.5, 0.6) is 0 Å². The summed E-state index contributed by atoms with van der Waals surface area (Å²) in [4.78, 5) is 16.5. The Bertz CT molecular complexity index is 283. The van der Waals surface area contributed by atoms with Crippen molar-refractivity contribution in [2.75, 3.05) is 33.7 Å². The number of hydrogen-bond donors (Lipinski definition) is 1. The van der Waals surface area contributed by atoms with Crippen molar-refractivity contribution in [1.29, 1.82) is 0 Å². The van der Waals surface area contributed by atoms with Gasteiger partial charge in [-0.2, -0.15) is 0 Å². The highest BCUT2D eigenvalue weighted by atomic mass is 16.2. The molecule has 1 atom stereocenters. The van der Waals surface area contributed by atoms with Crippen LogP contribution in [-0.2, 0) is 4.79 Å². The first-order chi connectivity index (χ1) is 9.43. The molecule has 1 unspecified atom stereocenters. The molecular weight excluding hydrogens is 250 g/mol. The van der Waals surface area contributed by atoms with Crippen molar-refractivity contribution < 1.29 is 4.79 Å². The molecule has 4 heteroatoms. The number of hydrogen-bond acceptors (Lipinski definition) is 3. The van der Waals surface area contributed by atoms with Gasteiger partial charge < -0.3 is 15.1 Å². The van der Waals surface area contributed by atoms with E-state index < -0.39 is 0 Å². The molecule has 0 radical (unpaired) electrons. The zero-order chi connectivity index (χ0) is 15.1. The number of nitrogens with zero attached hydrogens (tertiary/aromatic N) is 2. The van der Waals surface area contributed by atoms with Gasteiger partial charge in [0.25, 0.3) is 0 Å². The molecule has 0 aliphatic carbocycles. The van der Waals surface area contributed by atoms with Crippen LogP contribution in [0.25, 0.3) is 0 Å². The summed E-state index contributed by atoms with van der Waals surface area (Å²) < 4.78 is 0. The Hall–Kier alpha value is -0.610. The maximum Gasteiger partial charge on any atom is 0.239 e. The maximum atomic E-state index is 12.3. The molecule has 20 heavy (non-hydrogen) atoms. The van der Waals surface area contributed by atoms with E-state index in [9.17, 15) is 4.79 Å². The van der Waals surface area contributed by atoms with Crippen LogP contribution in [0, 0.1) is 5.92 Å². The fourth-order valence-corrected chi connectivity index (χ4v) is 2.95. The summed E-state index contributed by atoms with van der Waals surface area (Å²) in [5, 5.41) is 3.61. The standard InChI is InChI=1S/C16H33N3O/c1-6-9-19-10-7-14(8-11-19)17-15(12-13(2)3)16(20)18(4)5/h13-15,17H,6-12H2,1-5H3. The van der Waals surface area contributed by atoms with E-state index >= 15 is 0 Å². The fraction of sp³-hybridized carbons (Fsp3) is 0.938. The quantitative estimate of drug-likeness (QED) is 0.776. The molecule has 1 fully saturated rings. The van der Waals surface area contributed by atoms with Crippen LogP contribution in [-0.4, -0.2) is 61.5 Å². The van der Waals surface area contributed by atoms with Gasteiger partial charge in [0.1, 0.15) is 0 Å². The smallest absolute Gasteiger partial charge is 0.239 e. The van der Waals surface area contributed by atoms with E-state index in [1.807, 2.05) is 14.1 Å². The van der Waals surface area contributed by atoms with Gasteiger partial charge in [0.2, 0.25) is 5.91 Å². The van der Waals surface area contributed by atoms with Gasteiger partial charge >= 0.3 is 0 Å². The third-order valence-corrected chi connectivity index (χ3v) is 4.01. The number of carbonyl (C=O) groups excluding carboxylic acids is 1. The lowest BCUT2D eigenvalue weighted by Gasteiger charge is -2.35. The Morgan fingerprint density at radius 3 is 2.35 bits per heavy atom. The van der Waals surface area contributed by atoms with E-state index in [-0.39, 0.29) is 11.9 Å². The molecule has 0 saturated carbocycles. The fourth-order valence-electron chi connectivity index (χ4n) is 2.95. The number of piperidine rings is 1. The first-order valence-electron chi connectivity index (χ1n) is 8.13. The average Bonchev–Trinajstić information content (AvgIpc) is 2.39. The topological polar surface area (TPSA) is 35.6 Å². The molecule has 0 spiro atoms. The van der Waals surface area contributed by atoms with Crippen LogP contribution in [0.3, 0.4) is 0 Å². The molecule has 1 heterocycles. The monoisotopic (exact) mass is 283 g/mol. The van der Waals surface area contributed by atoms with Crippen LogP contribution in [0.1, 0.15) is 46.5 Å². The minimum absolute atomic E-state index is 0.0206. The zero-order valence-electron chi connectivity index (χ0n) is 14.0. The van der Waals surface area contributed by atoms with Crippen LogP contribution < -0.4 is 5.32 Å². The molecule has 1 rings (SSSR count). The van der Waals surface area contributed by atoms with Gasteiger partial charge in [0.05, 0.1) is 6.04 Å². The van der Waals surface area contributed by atoms with Crippen molar-refractivity contribution in [2.45, 2.75) is 58.5 Å². The molecule has 0 aromatic carbocycles. The predicted molar refractivity (Wildman–Crippen MR) is 84.8 cm³/mol. The lowest BCUT2D eigenvalue weighted by atomic mass is 9.98. The average molecular weight is 283 g/mol. The molecule has 4 nitrogen and oxygen atoms in total. The molecular formula is C16H33N3O. The van der Waals surface area contributed by atoms with Crippen molar-refractivity contribution in [3.63, 3.8) is 0 Å². The van der Waals surface area contributed by atoms with E-state index in [4.69, 9.17) is 0 Å². The summed E-state index contributed by atoms with van der Waals surface area (Å²) in [5.41, 5.74) is 0. The van der Waals surface area contributed by atoms with Crippen molar-refractivity contribution >= 4 is 5.91 Å². The Labute approximate surface area is 124 Å². The number of nitrogens with one attached hydrogen (secondary N) is 1. The molecule has 118 valence electrons. The molecule has 1 aliphatic heterocycles. The molecule has 1 N–H and O–H groups in total. The minimum Gasteiger partial charge on any atom is -0.347 e. The summed E-state index contributed by atoms with van der Waals surface area (Å²) >= 11 is 0. The zero-order valence-corrected chi connectivity index (χ0v) is 14.0. The van der Waals surface area contributed by atoms with Crippen molar-refractivity contribution in [3.05, 3.63) is 0 Å². The summed E-state index contributed by atoms with van der Waals surface area (Å²) in [6, 6.07) is 0.475. The first kappa shape index (κ1) is 17.4. The predicted octanol–water partition coefficient (Wildman–Crippen LogP) is 1.95. The second-order valence-corrected chi connectivity index (χ2v) is 6.70. The molecule has 1 amide bonds. The van der Waals surface area contributed by atoms with Crippen LogP contribution >= 0.6 is 0 Å². The number of carbonyl (C=O) groups is 1. The van der Waals surface area contributed by atoms with Gasteiger partial charge in [-0.05, 0) is 51.2 Å². The second kappa shape index (κ2) is 8.63. The summed E-state index contributed by atoms with van der Waals surface area (Å²) in [6.45, 7) is 10.1. The third kappa shape index (κ3) is 5.80. The normalized spacial score (nSPS) is 19.3. The van der Waals surface area contributed by atoms with Gasteiger partial charge in [-0.1, -0.05) is 20.8 Å². The number of likely N-dealkylation sites (N-methyl/N-ethyl adjacent to an activating group) is 1. The summed E-state index contributed by atoms with van der Waals surface area (Å²) in [6.07, 6.45) is 4.48. The molecule has 0 aromatic rings. The molecule has 1 saturated heterocycles. The van der Waals surface area contributed by atoms with Gasteiger partial charge in [0, 0.05) is 20.1 Å². The molecule has 0 aromatic heterocycles. The SMILES string of the molecule is CCCN1CCC(NC(CC(C)C)C(=O)N(C)C)CC1. The summed E-state index contributed by atoms with van der Waals surface area (Å²) in [7, 11) is 3.70. The number of likely N-dealkylation sites (tertiary alicyclic amines) is 1. The lowest BCUT2D eigenvalue weighted by molar-refractivity contribution is -0.131. The van der Waals surface area contributed by atoms with Gasteiger partial charge in [0.15, 0.2) is 0 Å². The van der Waals surface area contributed by atoms with Gasteiger partial charge in [-0.3, -0.25) is 4.79 Å². The minimum atomic E-state index is -0.0206. The van der Waals surface area contributed by atoms with Crippen LogP contribution in [0.4, 0.5) is 0 Å². The van der Waals surface area contributed by atoms with Crippen LogP contribution in [0.15, 0.2) is 0 Å². The van der Waals surface area contributed by atoms with E-state index in [0.717, 1.165) is 32.4 Å². The van der Waals surface area contributed by atoms with Gasteiger partial charge in [-0.15, -0.1) is 0 Å². The van der Waals surface area contributed by atoms with Crippen molar-refractivity contribution in [1.82, 2.24) is 15.1 Å². The second-order valence-electron chi connectivity index (χ2n) is 6.70. The highest BCUT2D eigenvalue weighted by Gasteiger charge is 2.26. The Morgan fingerprint density at radius 2 is 1.90 bits per heavy atom. The molecule has 1 aliphatic rings. The lowest BCUT2D eigenvalue weighted by Crippen LogP contribution is -2.51. The van der Waals surface area contributed by atoms with Crippen molar-refractivity contribution in [3.8, 4) is 0 Å². The third-order valence-electron chi connectivity index (χ3n) is 4.01. The van der Waals surface area contributed by atoms with E-state index in [1.54, 1.807) is 4.90 Å². The highest BCUT2D eigenvalue weighted by Crippen LogP contribution is 2.14. The Kier molecular flexibility index (Phi) is 7.52. The highest BCUT2D eigenvalue weighted by molar-refractivity contribution is 5.81. The first-order valence-corrected chi connectivity index (χ1v) is 8.13. The summed E-state index contributed by atoms with van der Waals surface area (Å²) in [5.74, 6) is 0.756. The Morgan fingerprint density at radius 1 is 1.30 bits per heavy atom. The number of amides is 1. The molecule has 0 bridgehead atoms. The maximum absolute atomic E-state index is 12.3. The van der Waals surface area contributed by atoms with E-state index in [2.05, 4.69) is 31.0 Å². The van der Waals surface area contributed by atoms with E-state index in [0.29, 0.717) is 12.0 Å². The largest absolute Gasteiger partial charge is 0.347 e. The number of rotatable bonds is 7. The van der Waals surface area contributed by atoms with Crippen molar-refractivity contribution in [2.24, 2.45) is 5.92 Å².